The molecular formula is C17H23NO6S. The van der Waals surface area contributed by atoms with Gasteiger partial charge < -0.3 is 9.47 Å². The second-order valence-corrected chi connectivity index (χ2v) is 8.12. The highest BCUT2D eigenvalue weighted by molar-refractivity contribution is 7.89. The molecule has 0 bridgehead atoms. The van der Waals surface area contributed by atoms with Gasteiger partial charge in [0.25, 0.3) is 10.0 Å². The largest absolute Gasteiger partial charge is 0.466 e. The molecule has 0 saturated carbocycles. The molecule has 1 amide bonds. The van der Waals surface area contributed by atoms with Crippen molar-refractivity contribution in [2.75, 3.05) is 13.7 Å². The van der Waals surface area contributed by atoms with E-state index in [0.717, 1.165) is 11.6 Å². The van der Waals surface area contributed by atoms with Gasteiger partial charge in [0.15, 0.2) is 0 Å². The Bertz CT molecular complexity index is 744. The van der Waals surface area contributed by atoms with Gasteiger partial charge in [0.1, 0.15) is 5.60 Å². The van der Waals surface area contributed by atoms with Crippen LogP contribution in [0.25, 0.3) is 0 Å². The first kappa shape index (κ1) is 20.7. The summed E-state index contributed by atoms with van der Waals surface area (Å²) in [5.41, 5.74) is 0.0119. The van der Waals surface area contributed by atoms with Crippen LogP contribution in [0.2, 0.25) is 0 Å². The standard InChI is InChI=1S/C17H23NO6S/c1-13-8-10-14(11-9-13)25(21,22)18(12-6-7-15(19)23-5)16(20)24-17(2,3)4/h6-11H,12H2,1-5H3/b7-6+. The summed E-state index contributed by atoms with van der Waals surface area (Å²) in [5.74, 6) is -0.656. The molecule has 0 fully saturated rings. The van der Waals surface area contributed by atoms with Gasteiger partial charge in [-0.25, -0.2) is 18.0 Å². The molecular weight excluding hydrogens is 346 g/mol. The van der Waals surface area contributed by atoms with E-state index < -0.39 is 27.7 Å². The fourth-order valence-electron chi connectivity index (χ4n) is 1.73. The molecule has 0 radical (unpaired) electrons. The van der Waals surface area contributed by atoms with Crippen molar-refractivity contribution in [3.8, 4) is 0 Å². The molecule has 7 nitrogen and oxygen atoms in total. The summed E-state index contributed by atoms with van der Waals surface area (Å²) in [6, 6.07) is 6.08. The van der Waals surface area contributed by atoms with Crippen LogP contribution in [0.3, 0.4) is 0 Å². The minimum atomic E-state index is -4.14. The SMILES string of the molecule is COC(=O)/C=C/CN(C(=O)OC(C)(C)C)S(=O)(=O)c1ccc(C)cc1. The van der Waals surface area contributed by atoms with Crippen LogP contribution >= 0.6 is 0 Å². The first-order valence-electron chi connectivity index (χ1n) is 7.54. The van der Waals surface area contributed by atoms with Crippen molar-refractivity contribution < 1.29 is 27.5 Å². The van der Waals surface area contributed by atoms with Crippen LogP contribution < -0.4 is 0 Å². The summed E-state index contributed by atoms with van der Waals surface area (Å²) in [6.07, 6.45) is 1.24. The molecule has 1 aromatic carbocycles. The van der Waals surface area contributed by atoms with Crippen LogP contribution in [0.4, 0.5) is 4.79 Å². The van der Waals surface area contributed by atoms with Crippen LogP contribution in [0.5, 0.6) is 0 Å². The molecule has 1 aromatic rings. The van der Waals surface area contributed by atoms with Gasteiger partial charge in [-0.1, -0.05) is 23.8 Å². The lowest BCUT2D eigenvalue weighted by Gasteiger charge is -2.26. The van der Waals surface area contributed by atoms with E-state index in [1.54, 1.807) is 32.9 Å². The normalized spacial score (nSPS) is 12.0. The van der Waals surface area contributed by atoms with E-state index in [1.165, 1.54) is 25.3 Å². The van der Waals surface area contributed by atoms with Crippen LogP contribution in [0.1, 0.15) is 26.3 Å². The molecule has 0 saturated heterocycles. The number of benzene rings is 1. The van der Waals surface area contributed by atoms with Gasteiger partial charge in [-0.05, 0) is 39.8 Å². The maximum atomic E-state index is 12.8. The molecule has 0 aliphatic heterocycles. The van der Waals surface area contributed by atoms with Crippen LogP contribution in [-0.4, -0.2) is 44.0 Å². The van der Waals surface area contributed by atoms with Gasteiger partial charge in [-0.15, -0.1) is 0 Å². The summed E-state index contributed by atoms with van der Waals surface area (Å²) < 4.78 is 35.8. The molecule has 8 heteroatoms. The fourth-order valence-corrected chi connectivity index (χ4v) is 2.98. The smallest absolute Gasteiger partial charge is 0.424 e. The zero-order valence-corrected chi connectivity index (χ0v) is 15.8. The third-order valence-corrected chi connectivity index (χ3v) is 4.68. The van der Waals surface area contributed by atoms with Crippen molar-refractivity contribution in [3.63, 3.8) is 0 Å². The van der Waals surface area contributed by atoms with Crippen LogP contribution in [0.15, 0.2) is 41.3 Å². The van der Waals surface area contributed by atoms with E-state index in [2.05, 4.69) is 4.74 Å². The predicted molar refractivity (Wildman–Crippen MR) is 92.5 cm³/mol. The Morgan fingerprint density at radius 1 is 1.16 bits per heavy atom. The van der Waals surface area contributed by atoms with Gasteiger partial charge in [-0.2, -0.15) is 4.31 Å². The predicted octanol–water partition coefficient (Wildman–Crippen LogP) is 2.65. The summed E-state index contributed by atoms with van der Waals surface area (Å²) in [7, 11) is -2.94. The second-order valence-electron chi connectivity index (χ2n) is 6.26. The molecule has 1 rings (SSSR count). The van der Waals surface area contributed by atoms with Gasteiger partial charge >= 0.3 is 12.1 Å². The number of methoxy groups -OCH3 is 1. The maximum Gasteiger partial charge on any atom is 0.424 e. The summed E-state index contributed by atoms with van der Waals surface area (Å²) in [6.45, 7) is 6.35. The Morgan fingerprint density at radius 3 is 2.20 bits per heavy atom. The molecule has 0 aliphatic rings. The number of ether oxygens (including phenoxy) is 2. The monoisotopic (exact) mass is 369 g/mol. The number of hydrogen-bond acceptors (Lipinski definition) is 6. The highest BCUT2D eigenvalue weighted by Crippen LogP contribution is 2.19. The quantitative estimate of drug-likeness (QED) is 0.585. The average Bonchev–Trinajstić information content (AvgIpc) is 2.49. The molecule has 0 aromatic heterocycles. The van der Waals surface area contributed by atoms with Crippen LogP contribution in [0, 0.1) is 6.92 Å². The number of rotatable bonds is 5. The molecule has 0 spiro atoms. The molecule has 138 valence electrons. The number of hydrogen-bond donors (Lipinski definition) is 0. The molecule has 0 atom stereocenters. The Kier molecular flexibility index (Phi) is 6.75. The van der Waals surface area contributed by atoms with E-state index in [-0.39, 0.29) is 11.4 Å². The highest BCUT2D eigenvalue weighted by atomic mass is 32.2. The van der Waals surface area contributed by atoms with Crippen molar-refractivity contribution in [2.24, 2.45) is 0 Å². The van der Waals surface area contributed by atoms with Gasteiger partial charge in [0.05, 0.1) is 18.6 Å². The second kappa shape index (κ2) is 8.15. The molecule has 0 unspecified atom stereocenters. The fraction of sp³-hybridized carbons (Fsp3) is 0.412. The van der Waals surface area contributed by atoms with Crippen molar-refractivity contribution in [2.45, 2.75) is 38.2 Å². The number of carbonyl (C=O) groups is 2. The third kappa shape index (κ3) is 6.22. The minimum Gasteiger partial charge on any atom is -0.466 e. The van der Waals surface area contributed by atoms with Gasteiger partial charge in [0, 0.05) is 6.08 Å². The Labute approximate surface area is 148 Å². The van der Waals surface area contributed by atoms with E-state index in [9.17, 15) is 18.0 Å². The minimum absolute atomic E-state index is 0.0459. The topological polar surface area (TPSA) is 90.0 Å². The first-order chi connectivity index (χ1) is 11.5. The zero-order chi connectivity index (χ0) is 19.3. The number of sulfonamides is 1. The molecule has 0 heterocycles. The van der Waals surface area contributed by atoms with Gasteiger partial charge in [0.2, 0.25) is 0 Å². The van der Waals surface area contributed by atoms with Gasteiger partial charge in [-0.3, -0.25) is 0 Å². The lowest BCUT2D eigenvalue weighted by atomic mass is 10.2. The summed E-state index contributed by atoms with van der Waals surface area (Å²) in [5, 5.41) is 0. The van der Waals surface area contributed by atoms with Crippen molar-refractivity contribution in [1.29, 1.82) is 0 Å². The van der Waals surface area contributed by atoms with Crippen molar-refractivity contribution in [3.05, 3.63) is 42.0 Å². The van der Waals surface area contributed by atoms with E-state index in [4.69, 9.17) is 4.74 Å². The molecule has 25 heavy (non-hydrogen) atoms. The summed E-state index contributed by atoms with van der Waals surface area (Å²) >= 11 is 0. The lowest BCUT2D eigenvalue weighted by molar-refractivity contribution is -0.134. The van der Waals surface area contributed by atoms with E-state index >= 15 is 0 Å². The number of esters is 1. The van der Waals surface area contributed by atoms with Crippen molar-refractivity contribution in [1.82, 2.24) is 4.31 Å². The van der Waals surface area contributed by atoms with Crippen LogP contribution in [-0.2, 0) is 24.3 Å². The highest BCUT2D eigenvalue weighted by Gasteiger charge is 2.32. The number of aryl methyl sites for hydroxylation is 1. The summed E-state index contributed by atoms with van der Waals surface area (Å²) in [4.78, 5) is 23.5. The Hall–Kier alpha value is -2.35. The Morgan fingerprint density at radius 2 is 1.72 bits per heavy atom. The zero-order valence-electron chi connectivity index (χ0n) is 15.0. The lowest BCUT2D eigenvalue weighted by Crippen LogP contribution is -2.41. The molecule has 0 N–H and O–H groups in total. The first-order valence-corrected chi connectivity index (χ1v) is 8.98. The average molecular weight is 369 g/mol. The Balaban J connectivity index is 3.19. The van der Waals surface area contributed by atoms with Crippen molar-refractivity contribution >= 4 is 22.1 Å². The van der Waals surface area contributed by atoms with E-state index in [0.29, 0.717) is 4.31 Å². The molecule has 0 aliphatic carbocycles. The maximum absolute atomic E-state index is 12.8. The number of carbonyl (C=O) groups excluding carboxylic acids is 2. The number of amides is 1. The third-order valence-electron chi connectivity index (χ3n) is 2.93. The van der Waals surface area contributed by atoms with E-state index in [1.807, 2.05) is 6.92 Å². The number of nitrogens with zero attached hydrogens (tertiary/aromatic N) is 1.